The molecule has 0 aromatic heterocycles. The van der Waals surface area contributed by atoms with Gasteiger partial charge in [-0.1, -0.05) is 35.3 Å². The molecule has 8 heteroatoms. The summed E-state index contributed by atoms with van der Waals surface area (Å²) in [5.74, 6) is -0.556. The number of nitrogens with zero attached hydrogens (tertiary/aromatic N) is 2. The Labute approximate surface area is 135 Å². The fourth-order valence-electron chi connectivity index (χ4n) is 1.58. The van der Waals surface area contributed by atoms with Crippen LogP contribution in [-0.2, 0) is 0 Å². The number of hydrogen-bond acceptors (Lipinski definition) is 4. The number of carbonyl (C=O) groups excluding carboxylic acids is 1. The molecule has 0 radical (unpaired) electrons. The molecule has 0 heterocycles. The Balaban J connectivity index is 2.06. The number of benzene rings is 2. The molecule has 0 fully saturated rings. The van der Waals surface area contributed by atoms with Gasteiger partial charge in [0.05, 0.1) is 21.2 Å². The molecule has 0 aliphatic rings. The number of carbonyl (C=O) groups is 1. The largest absolute Gasteiger partial charge is 0.271 e. The van der Waals surface area contributed by atoms with Crippen molar-refractivity contribution < 1.29 is 9.72 Å². The highest BCUT2D eigenvalue weighted by atomic mass is 35.5. The van der Waals surface area contributed by atoms with Crippen molar-refractivity contribution in [1.82, 2.24) is 5.43 Å². The van der Waals surface area contributed by atoms with Crippen molar-refractivity contribution in [2.75, 3.05) is 0 Å². The molecule has 0 bridgehead atoms. The summed E-state index contributed by atoms with van der Waals surface area (Å²) in [4.78, 5) is 21.9. The van der Waals surface area contributed by atoms with Gasteiger partial charge in [0, 0.05) is 17.7 Å². The molecular weight excluding hydrogens is 329 g/mol. The van der Waals surface area contributed by atoms with Crippen molar-refractivity contribution >= 4 is 41.0 Å². The molecule has 22 heavy (non-hydrogen) atoms. The number of hydrazone groups is 1. The van der Waals surface area contributed by atoms with Gasteiger partial charge in [0.15, 0.2) is 0 Å². The highest BCUT2D eigenvalue weighted by Gasteiger charge is 2.10. The third-order valence-electron chi connectivity index (χ3n) is 2.64. The van der Waals surface area contributed by atoms with E-state index in [4.69, 9.17) is 23.2 Å². The number of halogens is 2. The van der Waals surface area contributed by atoms with E-state index < -0.39 is 10.8 Å². The summed E-state index contributed by atoms with van der Waals surface area (Å²) in [6.45, 7) is 0. The topological polar surface area (TPSA) is 84.6 Å². The summed E-state index contributed by atoms with van der Waals surface area (Å²) >= 11 is 11.6. The van der Waals surface area contributed by atoms with Gasteiger partial charge in [0.2, 0.25) is 0 Å². The lowest BCUT2D eigenvalue weighted by Crippen LogP contribution is -2.17. The van der Waals surface area contributed by atoms with Crippen molar-refractivity contribution in [2.24, 2.45) is 5.10 Å². The van der Waals surface area contributed by atoms with Gasteiger partial charge in [-0.2, -0.15) is 5.10 Å². The average molecular weight is 338 g/mol. The van der Waals surface area contributed by atoms with E-state index in [1.807, 2.05) is 0 Å². The van der Waals surface area contributed by atoms with E-state index in [0.29, 0.717) is 15.6 Å². The summed E-state index contributed by atoms with van der Waals surface area (Å²) in [7, 11) is 0. The number of nitro benzene ring substituents is 1. The van der Waals surface area contributed by atoms with Gasteiger partial charge in [-0.25, -0.2) is 5.43 Å². The Bertz CT molecular complexity index is 763. The summed E-state index contributed by atoms with van der Waals surface area (Å²) in [6.07, 6.45) is 1.39. The lowest BCUT2D eigenvalue weighted by Gasteiger charge is -2.00. The third kappa shape index (κ3) is 4.03. The Kier molecular flexibility index (Phi) is 5.08. The first kappa shape index (κ1) is 15.9. The molecule has 0 saturated carbocycles. The summed E-state index contributed by atoms with van der Waals surface area (Å²) in [6, 6.07) is 10.2. The third-order valence-corrected chi connectivity index (χ3v) is 3.38. The van der Waals surface area contributed by atoms with E-state index in [-0.39, 0.29) is 11.3 Å². The van der Waals surface area contributed by atoms with Crippen LogP contribution < -0.4 is 5.43 Å². The fraction of sp³-hybridized carbons (Fsp3) is 0. The first-order chi connectivity index (χ1) is 10.5. The van der Waals surface area contributed by atoms with Crippen LogP contribution in [0.15, 0.2) is 47.6 Å². The van der Waals surface area contributed by atoms with Crippen LogP contribution in [-0.4, -0.2) is 17.0 Å². The van der Waals surface area contributed by atoms with Crippen LogP contribution >= 0.6 is 23.2 Å². The second-order valence-corrected chi connectivity index (χ2v) is 4.99. The molecule has 2 rings (SSSR count). The lowest BCUT2D eigenvalue weighted by atomic mass is 10.2. The van der Waals surface area contributed by atoms with Crippen LogP contribution in [0.25, 0.3) is 0 Å². The van der Waals surface area contributed by atoms with Gasteiger partial charge in [-0.05, 0) is 23.8 Å². The van der Waals surface area contributed by atoms with Gasteiger partial charge >= 0.3 is 0 Å². The van der Waals surface area contributed by atoms with Crippen LogP contribution in [0.4, 0.5) is 5.69 Å². The van der Waals surface area contributed by atoms with Gasteiger partial charge in [-0.15, -0.1) is 0 Å². The molecule has 1 N–H and O–H groups in total. The summed E-state index contributed by atoms with van der Waals surface area (Å²) in [5.41, 5.74) is 2.90. The molecule has 2 aromatic carbocycles. The molecule has 0 saturated heterocycles. The van der Waals surface area contributed by atoms with Crippen LogP contribution in [0, 0.1) is 10.1 Å². The molecule has 2 aromatic rings. The minimum Gasteiger partial charge on any atom is -0.267 e. The first-order valence-corrected chi connectivity index (χ1v) is 6.76. The number of hydrogen-bond donors (Lipinski definition) is 1. The van der Waals surface area contributed by atoms with Gasteiger partial charge in [0.1, 0.15) is 0 Å². The lowest BCUT2D eigenvalue weighted by molar-refractivity contribution is -0.384. The molecule has 0 spiro atoms. The van der Waals surface area contributed by atoms with Crippen molar-refractivity contribution in [3.8, 4) is 0 Å². The zero-order valence-corrected chi connectivity index (χ0v) is 12.5. The summed E-state index contributed by atoms with van der Waals surface area (Å²) < 4.78 is 0. The van der Waals surface area contributed by atoms with E-state index >= 15 is 0 Å². The maximum atomic E-state index is 11.8. The second kappa shape index (κ2) is 7.02. The molecular formula is C14H9Cl2N3O3. The molecule has 0 unspecified atom stereocenters. The molecule has 0 aliphatic carbocycles. The monoisotopic (exact) mass is 337 g/mol. The highest BCUT2D eigenvalue weighted by Crippen LogP contribution is 2.21. The number of nitro groups is 1. The zero-order chi connectivity index (χ0) is 16.1. The first-order valence-electron chi connectivity index (χ1n) is 6.00. The predicted octanol–water partition coefficient (Wildman–Crippen LogP) is 3.67. The fourth-order valence-corrected chi connectivity index (χ4v) is 1.89. The van der Waals surface area contributed by atoms with Crippen molar-refractivity contribution in [3.05, 3.63) is 73.8 Å². The number of rotatable bonds is 4. The maximum Gasteiger partial charge on any atom is 0.271 e. The van der Waals surface area contributed by atoms with Crippen molar-refractivity contribution in [2.45, 2.75) is 0 Å². The zero-order valence-electron chi connectivity index (χ0n) is 11.0. The molecule has 1 amide bonds. The number of nitrogens with one attached hydrogen (secondary N) is 1. The standard InChI is InChI=1S/C14H9Cl2N3O3/c15-12-5-4-9(6-13(12)16)8-17-18-14(20)10-2-1-3-11(7-10)19(21)22/h1-8H,(H,18,20)/b17-8+. The Morgan fingerprint density at radius 3 is 2.64 bits per heavy atom. The van der Waals surface area contributed by atoms with Crippen LogP contribution in [0.2, 0.25) is 10.0 Å². The van der Waals surface area contributed by atoms with Gasteiger partial charge in [0.25, 0.3) is 11.6 Å². The average Bonchev–Trinajstić information content (AvgIpc) is 2.51. The molecule has 0 atom stereocenters. The van der Waals surface area contributed by atoms with Crippen LogP contribution in [0.5, 0.6) is 0 Å². The molecule has 0 aliphatic heterocycles. The minimum atomic E-state index is -0.574. The number of amides is 1. The van der Waals surface area contributed by atoms with Crippen molar-refractivity contribution in [1.29, 1.82) is 0 Å². The molecule has 112 valence electrons. The quantitative estimate of drug-likeness (QED) is 0.524. The Morgan fingerprint density at radius 2 is 1.95 bits per heavy atom. The Hall–Kier alpha value is -2.44. The Morgan fingerprint density at radius 1 is 1.18 bits per heavy atom. The second-order valence-electron chi connectivity index (χ2n) is 4.18. The van der Waals surface area contributed by atoms with Crippen LogP contribution in [0.3, 0.4) is 0 Å². The highest BCUT2D eigenvalue weighted by molar-refractivity contribution is 6.42. The van der Waals surface area contributed by atoms with E-state index in [9.17, 15) is 14.9 Å². The number of non-ortho nitro benzene ring substituents is 1. The van der Waals surface area contributed by atoms with Gasteiger partial charge in [-0.3, -0.25) is 14.9 Å². The van der Waals surface area contributed by atoms with E-state index in [0.717, 1.165) is 0 Å². The van der Waals surface area contributed by atoms with Gasteiger partial charge < -0.3 is 0 Å². The molecule has 6 nitrogen and oxygen atoms in total. The van der Waals surface area contributed by atoms with Crippen molar-refractivity contribution in [3.63, 3.8) is 0 Å². The SMILES string of the molecule is O=C(N/N=C/c1ccc(Cl)c(Cl)c1)c1cccc([N+](=O)[O-])c1. The van der Waals surface area contributed by atoms with E-state index in [2.05, 4.69) is 10.5 Å². The predicted molar refractivity (Wildman–Crippen MR) is 84.6 cm³/mol. The normalized spacial score (nSPS) is 10.6. The van der Waals surface area contributed by atoms with Crippen LogP contribution in [0.1, 0.15) is 15.9 Å². The maximum absolute atomic E-state index is 11.8. The summed E-state index contributed by atoms with van der Waals surface area (Å²) in [5, 5.41) is 15.2. The van der Waals surface area contributed by atoms with E-state index in [1.54, 1.807) is 18.2 Å². The smallest absolute Gasteiger partial charge is 0.267 e. The van der Waals surface area contributed by atoms with E-state index in [1.165, 1.54) is 30.5 Å². The minimum absolute atomic E-state index is 0.139.